The van der Waals surface area contributed by atoms with Crippen LogP contribution in [0.3, 0.4) is 0 Å². The Labute approximate surface area is 147 Å². The van der Waals surface area contributed by atoms with Gasteiger partial charge in [0.05, 0.1) is 6.54 Å². The van der Waals surface area contributed by atoms with Gasteiger partial charge in [0.2, 0.25) is 0 Å². The van der Waals surface area contributed by atoms with Crippen LogP contribution < -0.4 is 16.6 Å². The molecule has 0 aliphatic carbocycles. The van der Waals surface area contributed by atoms with Crippen LogP contribution in [0.15, 0.2) is 64.3 Å². The smallest absolute Gasteiger partial charge is 0.328 e. The normalized spacial score (nSPS) is 10.6. The lowest BCUT2D eigenvalue weighted by molar-refractivity contribution is 0.723. The third-order valence-corrected chi connectivity index (χ3v) is 4.01. The predicted octanol–water partition coefficient (Wildman–Crippen LogP) is 3.64. The number of hydrogen-bond acceptors (Lipinski definition) is 3. The van der Waals surface area contributed by atoms with Gasteiger partial charge in [0.25, 0.3) is 5.56 Å². The molecule has 0 saturated heterocycles. The first-order chi connectivity index (χ1) is 11.5. The summed E-state index contributed by atoms with van der Waals surface area (Å²) >= 11 is 12.0. The van der Waals surface area contributed by atoms with E-state index in [0.717, 1.165) is 11.3 Å². The maximum absolute atomic E-state index is 12.0. The molecule has 7 heteroatoms. The highest BCUT2D eigenvalue weighted by Crippen LogP contribution is 2.21. The van der Waals surface area contributed by atoms with E-state index in [9.17, 15) is 9.59 Å². The van der Waals surface area contributed by atoms with Gasteiger partial charge in [0.1, 0.15) is 5.69 Å². The molecule has 0 saturated carbocycles. The highest BCUT2D eigenvalue weighted by Gasteiger charge is 2.08. The molecule has 0 aliphatic heterocycles. The Balaban J connectivity index is 1.95. The minimum absolute atomic E-state index is 0.217. The fraction of sp³-hybridized carbons (Fsp3) is 0.0588. The maximum atomic E-state index is 12.0. The highest BCUT2D eigenvalue weighted by molar-refractivity contribution is 6.35. The van der Waals surface area contributed by atoms with Crippen LogP contribution in [0.4, 0.5) is 11.4 Å². The zero-order valence-electron chi connectivity index (χ0n) is 12.4. The lowest BCUT2D eigenvalue weighted by atomic mass is 10.2. The molecule has 2 aromatic carbocycles. The Morgan fingerprint density at radius 1 is 1.04 bits per heavy atom. The molecule has 0 atom stereocenters. The molecule has 1 aromatic heterocycles. The van der Waals surface area contributed by atoms with Crippen molar-refractivity contribution in [2.45, 2.75) is 6.54 Å². The molecule has 0 bridgehead atoms. The number of hydrogen-bond donors (Lipinski definition) is 2. The number of benzene rings is 2. The molecule has 24 heavy (non-hydrogen) atoms. The summed E-state index contributed by atoms with van der Waals surface area (Å²) in [4.78, 5) is 26.3. The highest BCUT2D eigenvalue weighted by atomic mass is 35.5. The topological polar surface area (TPSA) is 66.9 Å². The molecule has 122 valence electrons. The third kappa shape index (κ3) is 3.69. The fourth-order valence-electron chi connectivity index (χ4n) is 2.23. The van der Waals surface area contributed by atoms with Crippen molar-refractivity contribution >= 4 is 34.6 Å². The monoisotopic (exact) mass is 361 g/mol. The van der Waals surface area contributed by atoms with Crippen molar-refractivity contribution in [2.75, 3.05) is 5.32 Å². The van der Waals surface area contributed by atoms with Crippen LogP contribution in [0.2, 0.25) is 10.0 Å². The van der Waals surface area contributed by atoms with E-state index in [0.29, 0.717) is 10.0 Å². The number of aromatic amines is 1. The van der Waals surface area contributed by atoms with Crippen LogP contribution in [0, 0.1) is 0 Å². The van der Waals surface area contributed by atoms with Crippen LogP contribution in [0.1, 0.15) is 5.56 Å². The molecule has 5 nitrogen and oxygen atoms in total. The van der Waals surface area contributed by atoms with Gasteiger partial charge in [-0.25, -0.2) is 4.79 Å². The van der Waals surface area contributed by atoms with Gasteiger partial charge in [0.15, 0.2) is 0 Å². The minimum Gasteiger partial charge on any atom is -0.350 e. The van der Waals surface area contributed by atoms with Crippen LogP contribution in [-0.2, 0) is 6.54 Å². The van der Waals surface area contributed by atoms with Crippen molar-refractivity contribution in [1.29, 1.82) is 0 Å². The lowest BCUT2D eigenvalue weighted by Crippen LogP contribution is -2.31. The van der Waals surface area contributed by atoms with Crippen molar-refractivity contribution in [3.8, 4) is 0 Å². The van der Waals surface area contributed by atoms with Gasteiger partial charge in [-0.3, -0.25) is 14.3 Å². The number of anilines is 2. The van der Waals surface area contributed by atoms with E-state index in [1.165, 1.54) is 10.8 Å². The van der Waals surface area contributed by atoms with Crippen LogP contribution in [-0.4, -0.2) is 9.55 Å². The maximum Gasteiger partial charge on any atom is 0.328 e. The van der Waals surface area contributed by atoms with Crippen LogP contribution in [0.5, 0.6) is 0 Å². The largest absolute Gasteiger partial charge is 0.350 e. The molecule has 0 radical (unpaired) electrons. The van der Waals surface area contributed by atoms with E-state index < -0.39 is 11.2 Å². The van der Waals surface area contributed by atoms with Gasteiger partial charge >= 0.3 is 5.69 Å². The van der Waals surface area contributed by atoms with E-state index in [-0.39, 0.29) is 12.2 Å². The number of para-hydroxylation sites is 1. The first kappa shape index (κ1) is 16.4. The van der Waals surface area contributed by atoms with Gasteiger partial charge in [-0.1, -0.05) is 47.5 Å². The molecule has 1 heterocycles. The lowest BCUT2D eigenvalue weighted by Gasteiger charge is -2.10. The molecule has 0 fully saturated rings. The third-order valence-electron chi connectivity index (χ3n) is 3.42. The number of nitrogens with zero attached hydrogens (tertiary/aromatic N) is 1. The molecule has 0 spiro atoms. The fourth-order valence-corrected chi connectivity index (χ4v) is 2.69. The summed E-state index contributed by atoms with van der Waals surface area (Å²) in [6.07, 6.45) is 1.47. The summed E-state index contributed by atoms with van der Waals surface area (Å²) in [6, 6.07) is 14.3. The number of halogens is 2. The molecule has 0 unspecified atom stereocenters. The van der Waals surface area contributed by atoms with Gasteiger partial charge in [0, 0.05) is 21.9 Å². The predicted molar refractivity (Wildman–Crippen MR) is 96.6 cm³/mol. The molecule has 0 amide bonds. The molecule has 0 aliphatic rings. The van der Waals surface area contributed by atoms with Crippen molar-refractivity contribution in [3.63, 3.8) is 0 Å². The Bertz CT molecular complexity index is 981. The first-order valence-electron chi connectivity index (χ1n) is 7.13. The summed E-state index contributed by atoms with van der Waals surface area (Å²) in [6.45, 7) is 0.217. The molecular formula is C17H13Cl2N3O2. The molecular weight excluding hydrogens is 349 g/mol. The zero-order chi connectivity index (χ0) is 17.1. The quantitative estimate of drug-likeness (QED) is 0.745. The molecule has 3 aromatic rings. The Morgan fingerprint density at radius 3 is 2.50 bits per heavy atom. The van der Waals surface area contributed by atoms with Gasteiger partial charge in [-0.2, -0.15) is 0 Å². The SMILES string of the molecule is O=c1[nH]c(=O)n(Cc2ccc(Cl)cc2Cl)cc1Nc1ccccc1. The summed E-state index contributed by atoms with van der Waals surface area (Å²) in [7, 11) is 0. The molecule has 2 N–H and O–H groups in total. The van der Waals surface area contributed by atoms with Crippen molar-refractivity contribution in [2.24, 2.45) is 0 Å². The van der Waals surface area contributed by atoms with Crippen molar-refractivity contribution in [3.05, 3.63) is 91.2 Å². The first-order valence-corrected chi connectivity index (χ1v) is 7.88. The summed E-state index contributed by atoms with van der Waals surface area (Å²) in [5.41, 5.74) is 0.747. The summed E-state index contributed by atoms with van der Waals surface area (Å²) in [5, 5.41) is 3.97. The van der Waals surface area contributed by atoms with Crippen molar-refractivity contribution < 1.29 is 0 Å². The van der Waals surface area contributed by atoms with Crippen LogP contribution >= 0.6 is 23.2 Å². The van der Waals surface area contributed by atoms with E-state index >= 15 is 0 Å². The second kappa shape index (κ2) is 6.95. The summed E-state index contributed by atoms with van der Waals surface area (Å²) < 4.78 is 1.38. The van der Waals surface area contributed by atoms with Gasteiger partial charge < -0.3 is 5.32 Å². The Morgan fingerprint density at radius 2 is 1.79 bits per heavy atom. The van der Waals surface area contributed by atoms with E-state index in [1.54, 1.807) is 18.2 Å². The van der Waals surface area contributed by atoms with E-state index in [2.05, 4.69) is 10.3 Å². The summed E-state index contributed by atoms with van der Waals surface area (Å²) in [5.74, 6) is 0. The number of aromatic nitrogens is 2. The average molecular weight is 362 g/mol. The standard InChI is InChI=1S/C17H13Cl2N3O2/c18-12-7-6-11(14(19)8-12)9-22-10-15(16(23)21-17(22)24)20-13-4-2-1-3-5-13/h1-8,10,20H,9H2,(H,21,23,24). The van der Waals surface area contributed by atoms with Crippen molar-refractivity contribution in [1.82, 2.24) is 9.55 Å². The minimum atomic E-state index is -0.510. The zero-order valence-corrected chi connectivity index (χ0v) is 13.9. The average Bonchev–Trinajstić information content (AvgIpc) is 2.55. The second-order valence-corrected chi connectivity index (χ2v) is 6.00. The Kier molecular flexibility index (Phi) is 4.74. The molecule has 3 rings (SSSR count). The Hall–Kier alpha value is -2.50. The van der Waals surface area contributed by atoms with E-state index in [1.807, 2.05) is 30.3 Å². The van der Waals surface area contributed by atoms with E-state index in [4.69, 9.17) is 23.2 Å². The van der Waals surface area contributed by atoms with Gasteiger partial charge in [-0.05, 0) is 29.8 Å². The van der Waals surface area contributed by atoms with Crippen LogP contribution in [0.25, 0.3) is 0 Å². The van der Waals surface area contributed by atoms with Gasteiger partial charge in [-0.15, -0.1) is 0 Å². The number of rotatable bonds is 4. The number of H-pyrrole nitrogens is 1. The number of nitrogens with one attached hydrogen (secondary N) is 2. The second-order valence-electron chi connectivity index (χ2n) is 5.16.